The summed E-state index contributed by atoms with van der Waals surface area (Å²) in [5, 5.41) is 0.560. The summed E-state index contributed by atoms with van der Waals surface area (Å²) in [6.45, 7) is 4.10. The molecule has 1 aromatic carbocycles. The third-order valence-electron chi connectivity index (χ3n) is 1.98. The molecule has 1 aromatic rings. The molecule has 0 heterocycles. The number of hydrogen-bond acceptors (Lipinski definition) is 3. The quantitative estimate of drug-likeness (QED) is 0.628. The summed E-state index contributed by atoms with van der Waals surface area (Å²) in [5.74, 6) is 0. The fourth-order valence-corrected chi connectivity index (χ4v) is 1.50. The van der Waals surface area contributed by atoms with Gasteiger partial charge in [-0.1, -0.05) is 29.8 Å². The van der Waals surface area contributed by atoms with Gasteiger partial charge in [-0.3, -0.25) is 0 Å². The first-order chi connectivity index (χ1) is 8.13. The van der Waals surface area contributed by atoms with E-state index in [1.54, 1.807) is 30.3 Å². The smallest absolute Gasteiger partial charge is 0.405 e. The third-order valence-corrected chi connectivity index (χ3v) is 2.22. The van der Waals surface area contributed by atoms with Crippen LogP contribution < -0.4 is 5.73 Å². The van der Waals surface area contributed by atoms with Crippen molar-refractivity contribution in [2.45, 2.75) is 6.10 Å². The largest absolute Gasteiger partial charge is 0.439 e. The molecule has 0 unspecified atom stereocenters. The minimum absolute atomic E-state index is 0.204. The number of hydrogen-bond donors (Lipinski definition) is 1. The highest BCUT2D eigenvalue weighted by Crippen LogP contribution is 2.21. The number of nitrogens with two attached hydrogens (primary N) is 1. The molecule has 0 saturated heterocycles. The molecule has 0 aliphatic carbocycles. The van der Waals surface area contributed by atoms with Crippen LogP contribution in [0.2, 0.25) is 5.02 Å². The van der Waals surface area contributed by atoms with Crippen molar-refractivity contribution in [1.82, 2.24) is 0 Å². The van der Waals surface area contributed by atoms with E-state index in [-0.39, 0.29) is 6.61 Å². The highest BCUT2D eigenvalue weighted by Gasteiger charge is 2.15. The van der Waals surface area contributed by atoms with E-state index in [2.05, 4.69) is 6.58 Å². The summed E-state index contributed by atoms with van der Waals surface area (Å²) in [7, 11) is 0. The minimum atomic E-state index is -0.850. The average Bonchev–Trinajstić information content (AvgIpc) is 2.27. The lowest BCUT2D eigenvalue weighted by atomic mass is 10.1. The van der Waals surface area contributed by atoms with E-state index in [0.717, 1.165) is 5.56 Å². The van der Waals surface area contributed by atoms with E-state index in [4.69, 9.17) is 26.8 Å². The molecule has 0 aromatic heterocycles. The van der Waals surface area contributed by atoms with Gasteiger partial charge in [0.15, 0.2) is 6.10 Å². The van der Waals surface area contributed by atoms with Gasteiger partial charge in [-0.2, -0.15) is 0 Å². The lowest BCUT2D eigenvalue weighted by Gasteiger charge is -2.16. The van der Waals surface area contributed by atoms with Gasteiger partial charge in [0.1, 0.15) is 0 Å². The van der Waals surface area contributed by atoms with Crippen LogP contribution in [0.5, 0.6) is 0 Å². The maximum Gasteiger partial charge on any atom is 0.405 e. The molecule has 0 saturated carbocycles. The van der Waals surface area contributed by atoms with Gasteiger partial charge in [-0.15, -0.1) is 6.58 Å². The number of rotatable bonds is 6. The summed E-state index contributed by atoms with van der Waals surface area (Å²) in [4.78, 5) is 10.8. The van der Waals surface area contributed by atoms with Crippen LogP contribution in [0.25, 0.3) is 0 Å². The second kappa shape index (κ2) is 6.93. The Labute approximate surface area is 105 Å². The van der Waals surface area contributed by atoms with Crippen molar-refractivity contribution >= 4 is 17.7 Å². The van der Waals surface area contributed by atoms with Crippen molar-refractivity contribution in [3.05, 3.63) is 47.5 Å². The number of halogens is 1. The van der Waals surface area contributed by atoms with Crippen LogP contribution in [0.1, 0.15) is 11.7 Å². The molecule has 5 heteroatoms. The monoisotopic (exact) mass is 255 g/mol. The van der Waals surface area contributed by atoms with E-state index in [9.17, 15) is 4.79 Å². The summed E-state index contributed by atoms with van der Waals surface area (Å²) in [5.41, 5.74) is 5.74. The molecule has 0 aliphatic heterocycles. The predicted molar refractivity (Wildman–Crippen MR) is 65.9 cm³/mol. The van der Waals surface area contributed by atoms with Crippen LogP contribution in [0, 0.1) is 0 Å². The Morgan fingerprint density at radius 2 is 2.35 bits per heavy atom. The molecular weight excluding hydrogens is 242 g/mol. The SMILES string of the molecule is C=CCOC[C@@H](OC(N)=O)c1cccc(Cl)c1. The third kappa shape index (κ3) is 4.89. The van der Waals surface area contributed by atoms with Crippen LogP contribution in [0.15, 0.2) is 36.9 Å². The zero-order chi connectivity index (χ0) is 12.7. The second-order valence-electron chi connectivity index (χ2n) is 3.31. The van der Waals surface area contributed by atoms with E-state index in [1.165, 1.54) is 0 Å². The fraction of sp³-hybridized carbons (Fsp3) is 0.250. The maximum atomic E-state index is 10.8. The molecule has 2 N–H and O–H groups in total. The highest BCUT2D eigenvalue weighted by molar-refractivity contribution is 6.30. The van der Waals surface area contributed by atoms with Crippen molar-refractivity contribution in [1.29, 1.82) is 0 Å². The Morgan fingerprint density at radius 3 is 2.94 bits per heavy atom. The lowest BCUT2D eigenvalue weighted by molar-refractivity contribution is 0.0320. The van der Waals surface area contributed by atoms with Crippen molar-refractivity contribution in [3.8, 4) is 0 Å². The molecule has 0 fully saturated rings. The first kappa shape index (κ1) is 13.5. The molecule has 0 spiro atoms. The number of benzene rings is 1. The van der Waals surface area contributed by atoms with E-state index in [1.807, 2.05) is 0 Å². The van der Waals surface area contributed by atoms with Gasteiger partial charge in [-0.25, -0.2) is 4.79 Å². The summed E-state index contributed by atoms with van der Waals surface area (Å²) in [6, 6.07) is 6.99. The second-order valence-corrected chi connectivity index (χ2v) is 3.74. The predicted octanol–water partition coefficient (Wildman–Crippen LogP) is 2.68. The van der Waals surface area contributed by atoms with Crippen molar-refractivity contribution in [3.63, 3.8) is 0 Å². The molecule has 17 heavy (non-hydrogen) atoms. The summed E-state index contributed by atoms with van der Waals surface area (Å²) in [6.07, 6.45) is 0.197. The number of carbonyl (C=O) groups is 1. The Morgan fingerprint density at radius 1 is 1.59 bits per heavy atom. The molecule has 1 rings (SSSR count). The van der Waals surface area contributed by atoms with Crippen LogP contribution in [-0.4, -0.2) is 19.3 Å². The van der Waals surface area contributed by atoms with Gasteiger partial charge >= 0.3 is 6.09 Å². The summed E-state index contributed by atoms with van der Waals surface area (Å²) < 4.78 is 10.2. The average molecular weight is 256 g/mol. The number of primary amides is 1. The molecular formula is C12H14ClNO3. The molecule has 1 atom stereocenters. The van der Waals surface area contributed by atoms with Gasteiger partial charge in [0.05, 0.1) is 13.2 Å². The molecule has 0 aliphatic rings. The van der Waals surface area contributed by atoms with Crippen molar-refractivity contribution in [2.75, 3.05) is 13.2 Å². The van der Waals surface area contributed by atoms with Crippen LogP contribution in [0.3, 0.4) is 0 Å². The normalized spacial score (nSPS) is 11.8. The van der Waals surface area contributed by atoms with Gasteiger partial charge < -0.3 is 15.2 Å². The fourth-order valence-electron chi connectivity index (χ4n) is 1.30. The van der Waals surface area contributed by atoms with Crippen molar-refractivity contribution < 1.29 is 14.3 Å². The number of amides is 1. The van der Waals surface area contributed by atoms with E-state index < -0.39 is 12.2 Å². The van der Waals surface area contributed by atoms with Crippen LogP contribution >= 0.6 is 11.6 Å². The Kier molecular flexibility index (Phi) is 5.52. The lowest BCUT2D eigenvalue weighted by Crippen LogP contribution is -2.21. The van der Waals surface area contributed by atoms with Gasteiger partial charge in [-0.05, 0) is 17.7 Å². The highest BCUT2D eigenvalue weighted by atomic mass is 35.5. The maximum absolute atomic E-state index is 10.8. The summed E-state index contributed by atoms with van der Waals surface area (Å²) >= 11 is 5.86. The number of carbonyl (C=O) groups excluding carboxylic acids is 1. The van der Waals surface area contributed by atoms with Gasteiger partial charge in [0, 0.05) is 5.02 Å². The molecule has 0 radical (unpaired) electrons. The first-order valence-corrected chi connectivity index (χ1v) is 5.41. The Hall–Kier alpha value is -1.52. The first-order valence-electron chi connectivity index (χ1n) is 5.03. The van der Waals surface area contributed by atoms with Gasteiger partial charge in [0.2, 0.25) is 0 Å². The number of ether oxygens (including phenoxy) is 2. The zero-order valence-electron chi connectivity index (χ0n) is 9.27. The molecule has 1 amide bonds. The molecule has 92 valence electrons. The Balaban J connectivity index is 2.74. The topological polar surface area (TPSA) is 61.6 Å². The van der Waals surface area contributed by atoms with E-state index >= 15 is 0 Å². The molecule has 0 bridgehead atoms. The standard InChI is InChI=1S/C12H14ClNO3/c1-2-6-16-8-11(17-12(14)15)9-4-3-5-10(13)7-9/h2-5,7,11H,1,6,8H2,(H2,14,15)/t11-/m1/s1. The molecule has 4 nitrogen and oxygen atoms in total. The van der Waals surface area contributed by atoms with E-state index in [0.29, 0.717) is 11.6 Å². The van der Waals surface area contributed by atoms with Crippen LogP contribution in [-0.2, 0) is 9.47 Å². The van der Waals surface area contributed by atoms with Crippen molar-refractivity contribution in [2.24, 2.45) is 5.73 Å². The zero-order valence-corrected chi connectivity index (χ0v) is 10.0. The van der Waals surface area contributed by atoms with Crippen LogP contribution in [0.4, 0.5) is 4.79 Å². The minimum Gasteiger partial charge on any atom is -0.439 e. The van der Waals surface area contributed by atoms with Gasteiger partial charge in [0.25, 0.3) is 0 Å². The Bertz CT molecular complexity index is 395.